The first-order valence-electron chi connectivity index (χ1n) is 5.77. The summed E-state index contributed by atoms with van der Waals surface area (Å²) in [5.41, 5.74) is -0.530. The SMILES string of the molecule is COc1ccc(C(=O)Cn2cc(C(F)(F)F)cn2)cc1Br. The molecule has 0 unspecified atom stereocenters. The van der Waals surface area contributed by atoms with E-state index in [9.17, 15) is 18.0 Å². The number of nitrogens with zero attached hydrogens (tertiary/aromatic N) is 2. The van der Waals surface area contributed by atoms with Crippen molar-refractivity contribution in [3.8, 4) is 5.75 Å². The molecule has 0 aliphatic carbocycles. The third-order valence-corrected chi connectivity index (χ3v) is 3.36. The number of Topliss-reactive ketones (excluding diaryl/α,β-unsaturated/α-hetero) is 1. The highest BCUT2D eigenvalue weighted by Crippen LogP contribution is 2.29. The van der Waals surface area contributed by atoms with E-state index in [2.05, 4.69) is 21.0 Å². The Labute approximate surface area is 126 Å². The van der Waals surface area contributed by atoms with Crippen LogP contribution in [0.25, 0.3) is 0 Å². The maximum Gasteiger partial charge on any atom is 0.419 e. The van der Waals surface area contributed by atoms with Crippen LogP contribution < -0.4 is 4.74 Å². The Morgan fingerprint density at radius 1 is 1.43 bits per heavy atom. The fourth-order valence-corrected chi connectivity index (χ4v) is 2.22. The van der Waals surface area contributed by atoms with Crippen LogP contribution in [0.4, 0.5) is 13.2 Å². The van der Waals surface area contributed by atoms with E-state index < -0.39 is 11.7 Å². The molecule has 2 aromatic rings. The second kappa shape index (κ2) is 5.88. The summed E-state index contributed by atoms with van der Waals surface area (Å²) >= 11 is 3.24. The van der Waals surface area contributed by atoms with Crippen LogP contribution in [0, 0.1) is 0 Å². The normalized spacial score (nSPS) is 11.5. The summed E-state index contributed by atoms with van der Waals surface area (Å²) < 4.78 is 43.9. The van der Waals surface area contributed by atoms with E-state index in [1.54, 1.807) is 18.2 Å². The van der Waals surface area contributed by atoms with Gasteiger partial charge in [-0.25, -0.2) is 0 Å². The van der Waals surface area contributed by atoms with Crippen LogP contribution >= 0.6 is 15.9 Å². The number of ether oxygens (including phenoxy) is 1. The number of methoxy groups -OCH3 is 1. The van der Waals surface area contributed by atoms with Gasteiger partial charge in [-0.05, 0) is 34.1 Å². The lowest BCUT2D eigenvalue weighted by Crippen LogP contribution is -2.11. The van der Waals surface area contributed by atoms with Crippen molar-refractivity contribution in [1.29, 1.82) is 0 Å². The lowest BCUT2D eigenvalue weighted by Gasteiger charge is -2.06. The van der Waals surface area contributed by atoms with Crippen molar-refractivity contribution in [2.24, 2.45) is 0 Å². The van der Waals surface area contributed by atoms with Crippen molar-refractivity contribution in [1.82, 2.24) is 9.78 Å². The quantitative estimate of drug-likeness (QED) is 0.781. The Morgan fingerprint density at radius 3 is 2.67 bits per heavy atom. The summed E-state index contributed by atoms with van der Waals surface area (Å²) in [7, 11) is 1.49. The minimum atomic E-state index is -4.47. The number of hydrogen-bond donors (Lipinski definition) is 0. The van der Waals surface area contributed by atoms with Gasteiger partial charge in [0.15, 0.2) is 5.78 Å². The van der Waals surface area contributed by atoms with Gasteiger partial charge < -0.3 is 4.74 Å². The number of rotatable bonds is 4. The number of carbonyl (C=O) groups is 1. The molecule has 0 N–H and O–H groups in total. The molecule has 21 heavy (non-hydrogen) atoms. The zero-order valence-electron chi connectivity index (χ0n) is 10.8. The summed E-state index contributed by atoms with van der Waals surface area (Å²) in [4.78, 5) is 12.0. The highest BCUT2D eigenvalue weighted by atomic mass is 79.9. The smallest absolute Gasteiger partial charge is 0.419 e. The van der Waals surface area contributed by atoms with Gasteiger partial charge in [0.05, 0.1) is 23.3 Å². The van der Waals surface area contributed by atoms with Gasteiger partial charge in [-0.1, -0.05) is 0 Å². The molecule has 0 aliphatic rings. The fourth-order valence-electron chi connectivity index (χ4n) is 1.67. The van der Waals surface area contributed by atoms with Crippen LogP contribution in [0.1, 0.15) is 15.9 Å². The van der Waals surface area contributed by atoms with Crippen LogP contribution in [0.2, 0.25) is 0 Å². The first-order chi connectivity index (χ1) is 9.81. The van der Waals surface area contributed by atoms with Crippen LogP contribution in [0.15, 0.2) is 35.1 Å². The Kier molecular flexibility index (Phi) is 4.36. The first-order valence-corrected chi connectivity index (χ1v) is 6.57. The summed E-state index contributed by atoms with van der Waals surface area (Å²) in [6, 6.07) is 4.69. The second-order valence-corrected chi connectivity index (χ2v) is 5.05. The minimum Gasteiger partial charge on any atom is -0.496 e. The number of halogens is 4. The molecule has 112 valence electrons. The zero-order chi connectivity index (χ0) is 15.6. The van der Waals surface area contributed by atoms with Gasteiger partial charge >= 0.3 is 6.18 Å². The molecule has 0 saturated carbocycles. The van der Waals surface area contributed by atoms with Crippen molar-refractivity contribution in [3.05, 3.63) is 46.2 Å². The molecule has 0 spiro atoms. The van der Waals surface area contributed by atoms with Crippen LogP contribution in [-0.4, -0.2) is 22.7 Å². The van der Waals surface area contributed by atoms with Crippen molar-refractivity contribution in [2.45, 2.75) is 12.7 Å². The average molecular weight is 363 g/mol. The standard InChI is InChI=1S/C13H10BrF3N2O2/c1-21-12-3-2-8(4-10(12)14)11(20)7-19-6-9(5-18-19)13(15,16)17/h2-6H,7H2,1H3. The molecule has 0 atom stereocenters. The third kappa shape index (κ3) is 3.63. The number of carbonyl (C=O) groups excluding carboxylic acids is 1. The monoisotopic (exact) mass is 362 g/mol. The maximum atomic E-state index is 12.4. The van der Waals surface area contributed by atoms with E-state index in [4.69, 9.17) is 4.74 Å². The van der Waals surface area contributed by atoms with Crippen molar-refractivity contribution >= 4 is 21.7 Å². The summed E-state index contributed by atoms with van der Waals surface area (Å²) in [6.07, 6.45) is -2.97. The molecule has 0 aliphatic heterocycles. The third-order valence-electron chi connectivity index (χ3n) is 2.74. The Hall–Kier alpha value is -1.83. The maximum absolute atomic E-state index is 12.4. The molecule has 0 saturated heterocycles. The Morgan fingerprint density at radius 2 is 2.14 bits per heavy atom. The summed E-state index contributed by atoms with van der Waals surface area (Å²) in [5, 5.41) is 3.54. The molecule has 0 amide bonds. The van der Waals surface area contributed by atoms with Crippen LogP contribution in [-0.2, 0) is 12.7 Å². The number of ketones is 1. The van der Waals surface area contributed by atoms with Crippen LogP contribution in [0.3, 0.4) is 0 Å². The van der Waals surface area contributed by atoms with E-state index in [0.717, 1.165) is 10.9 Å². The molecule has 1 aromatic carbocycles. The number of hydrogen-bond acceptors (Lipinski definition) is 3. The summed E-state index contributed by atoms with van der Waals surface area (Å²) in [6.45, 7) is -0.269. The van der Waals surface area contributed by atoms with Gasteiger partial charge in [-0.2, -0.15) is 18.3 Å². The molecule has 2 rings (SSSR count). The van der Waals surface area contributed by atoms with E-state index >= 15 is 0 Å². The predicted molar refractivity (Wildman–Crippen MR) is 72.3 cm³/mol. The molecule has 0 radical (unpaired) electrons. The van der Waals surface area contributed by atoms with Gasteiger partial charge in [0, 0.05) is 11.8 Å². The number of benzene rings is 1. The topological polar surface area (TPSA) is 44.1 Å². The zero-order valence-corrected chi connectivity index (χ0v) is 12.4. The van der Waals surface area contributed by atoms with Gasteiger partial charge in [0.25, 0.3) is 0 Å². The van der Waals surface area contributed by atoms with E-state index in [-0.39, 0.29) is 12.3 Å². The largest absolute Gasteiger partial charge is 0.496 e. The highest BCUT2D eigenvalue weighted by molar-refractivity contribution is 9.10. The molecule has 0 fully saturated rings. The number of alkyl halides is 3. The minimum absolute atomic E-state index is 0.269. The predicted octanol–water partition coefficient (Wildman–Crippen LogP) is 3.56. The molecule has 0 bridgehead atoms. The van der Waals surface area contributed by atoms with Crippen molar-refractivity contribution in [2.75, 3.05) is 7.11 Å². The lowest BCUT2D eigenvalue weighted by molar-refractivity contribution is -0.137. The molecule has 1 heterocycles. The average Bonchev–Trinajstić information content (AvgIpc) is 2.87. The Balaban J connectivity index is 2.14. The molecule has 8 heteroatoms. The van der Waals surface area contributed by atoms with Gasteiger partial charge in [0.1, 0.15) is 12.3 Å². The van der Waals surface area contributed by atoms with E-state index in [0.29, 0.717) is 22.0 Å². The Bertz CT molecular complexity index is 668. The highest BCUT2D eigenvalue weighted by Gasteiger charge is 2.32. The van der Waals surface area contributed by atoms with Gasteiger partial charge in [-0.15, -0.1) is 0 Å². The molecular weight excluding hydrogens is 353 g/mol. The lowest BCUT2D eigenvalue weighted by atomic mass is 10.1. The second-order valence-electron chi connectivity index (χ2n) is 4.20. The van der Waals surface area contributed by atoms with E-state index in [1.165, 1.54) is 7.11 Å². The van der Waals surface area contributed by atoms with E-state index in [1.807, 2.05) is 0 Å². The fraction of sp³-hybridized carbons (Fsp3) is 0.231. The van der Waals surface area contributed by atoms with Crippen molar-refractivity contribution < 1.29 is 22.7 Å². The molecular formula is C13H10BrF3N2O2. The van der Waals surface area contributed by atoms with Crippen LogP contribution in [0.5, 0.6) is 5.75 Å². The summed E-state index contributed by atoms with van der Waals surface area (Å²) in [5.74, 6) is 0.208. The van der Waals surface area contributed by atoms with Gasteiger partial charge in [0.2, 0.25) is 0 Å². The van der Waals surface area contributed by atoms with Crippen molar-refractivity contribution in [3.63, 3.8) is 0 Å². The first kappa shape index (κ1) is 15.6. The molecule has 1 aromatic heterocycles. The molecule has 4 nitrogen and oxygen atoms in total. The van der Waals surface area contributed by atoms with Gasteiger partial charge in [-0.3, -0.25) is 9.48 Å². The number of aromatic nitrogens is 2.